The summed E-state index contributed by atoms with van der Waals surface area (Å²) in [4.78, 5) is 0. The van der Waals surface area contributed by atoms with E-state index in [4.69, 9.17) is 14.2 Å². The molecule has 3 aliphatic rings. The van der Waals surface area contributed by atoms with E-state index in [1.54, 1.807) is 0 Å². The van der Waals surface area contributed by atoms with Crippen molar-refractivity contribution >= 4 is 0 Å². The second-order valence-electron chi connectivity index (χ2n) is 13.1. The third kappa shape index (κ3) is 8.68. The van der Waals surface area contributed by atoms with Crippen molar-refractivity contribution in [2.75, 3.05) is 13.2 Å². The van der Waals surface area contributed by atoms with E-state index < -0.39 is 47.6 Å². The molecule has 0 atom stereocenters. The summed E-state index contributed by atoms with van der Waals surface area (Å²) in [5.74, 6) is -5.00. The number of unbranched alkanes of at least 4 members (excludes halogenated alkanes) is 2. The molecule has 0 radical (unpaired) electrons. The lowest BCUT2D eigenvalue weighted by Crippen LogP contribution is -2.40. The molecule has 4 nitrogen and oxygen atoms in total. The molecule has 2 saturated carbocycles. The van der Waals surface area contributed by atoms with E-state index in [-0.39, 0.29) is 30.3 Å². The summed E-state index contributed by atoms with van der Waals surface area (Å²) in [5, 5.41) is 0. The average Bonchev–Trinajstić information content (AvgIpc) is 3.03. The van der Waals surface area contributed by atoms with Crippen LogP contribution in [0.25, 0.3) is 11.1 Å². The lowest BCUT2D eigenvalue weighted by molar-refractivity contribution is -0.232. The number of hydrogen-bond donors (Lipinski definition) is 0. The fourth-order valence-corrected chi connectivity index (χ4v) is 7.45. The molecule has 11 heteroatoms. The molecule has 1 heterocycles. The molecule has 256 valence electrons. The van der Waals surface area contributed by atoms with E-state index in [2.05, 4.69) is 11.7 Å². The van der Waals surface area contributed by atoms with E-state index in [1.807, 2.05) is 0 Å². The Labute approximate surface area is 265 Å². The average molecular weight is 661 g/mol. The van der Waals surface area contributed by atoms with Gasteiger partial charge in [-0.15, -0.1) is 0 Å². The Balaban J connectivity index is 1.08. The molecule has 46 heavy (non-hydrogen) atoms. The lowest BCUT2D eigenvalue weighted by Gasteiger charge is -2.41. The third-order valence-electron chi connectivity index (χ3n) is 10.0. The molecule has 0 bridgehead atoms. The summed E-state index contributed by atoms with van der Waals surface area (Å²) >= 11 is 0. The number of benzene rings is 2. The van der Waals surface area contributed by atoms with Crippen LogP contribution >= 0.6 is 0 Å². The number of ether oxygens (including phenoxy) is 4. The van der Waals surface area contributed by atoms with Crippen LogP contribution < -0.4 is 9.47 Å². The minimum absolute atomic E-state index is 0.135. The summed E-state index contributed by atoms with van der Waals surface area (Å²) in [7, 11) is 0. The highest BCUT2D eigenvalue weighted by Crippen LogP contribution is 2.46. The second kappa shape index (κ2) is 15.6. The van der Waals surface area contributed by atoms with Gasteiger partial charge in [0.1, 0.15) is 11.6 Å². The van der Waals surface area contributed by atoms with Gasteiger partial charge in [0, 0.05) is 23.5 Å². The van der Waals surface area contributed by atoms with Crippen LogP contribution in [0.5, 0.6) is 11.5 Å². The highest BCUT2D eigenvalue weighted by molar-refractivity contribution is 5.66. The number of alkyl halides is 4. The van der Waals surface area contributed by atoms with Crippen LogP contribution in [0.15, 0.2) is 30.3 Å². The van der Waals surface area contributed by atoms with Crippen molar-refractivity contribution in [3.63, 3.8) is 0 Å². The van der Waals surface area contributed by atoms with Gasteiger partial charge in [-0.05, 0) is 99.5 Å². The summed E-state index contributed by atoms with van der Waals surface area (Å²) in [6.45, 7) is 0.274. The summed E-state index contributed by atoms with van der Waals surface area (Å²) in [5.41, 5.74) is -0.634. The van der Waals surface area contributed by atoms with Gasteiger partial charge in [-0.25, -0.2) is 13.2 Å². The third-order valence-corrected chi connectivity index (χ3v) is 10.0. The first-order chi connectivity index (χ1) is 22.0. The molecule has 0 aromatic heterocycles. The molecule has 0 spiro atoms. The van der Waals surface area contributed by atoms with Crippen LogP contribution in [0, 0.1) is 47.0 Å². The first kappa shape index (κ1) is 34.8. The molecule has 1 aliphatic heterocycles. The number of rotatable bonds is 12. The Bertz CT molecular complexity index is 1240. The van der Waals surface area contributed by atoms with Crippen molar-refractivity contribution in [1.82, 2.24) is 0 Å². The largest absolute Gasteiger partial charge is 0.432 e. The highest BCUT2D eigenvalue weighted by atomic mass is 19.3. The summed E-state index contributed by atoms with van der Waals surface area (Å²) in [6.07, 6.45) is 7.17. The summed E-state index contributed by atoms with van der Waals surface area (Å²) < 4.78 is 119. The number of hydrogen-bond acceptors (Lipinski definition) is 4. The zero-order valence-corrected chi connectivity index (χ0v) is 26.1. The zero-order chi connectivity index (χ0) is 32.8. The monoisotopic (exact) mass is 660 g/mol. The van der Waals surface area contributed by atoms with E-state index in [1.165, 1.54) is 19.3 Å². The van der Waals surface area contributed by atoms with Crippen molar-refractivity contribution in [2.45, 2.75) is 103 Å². The van der Waals surface area contributed by atoms with Gasteiger partial charge in [0.25, 0.3) is 0 Å². The standard InChI is InChI=1S/C35H43F7O4/c1-2-3-4-5-21-19-43-33(44-20-21)24-8-6-22(7-9-24)23-10-12-26(13-11-23)35(41,42)46-27-14-15-28(29(36)18-27)25-16-30(37)32(31(38)17-25)45-34(39)40/h14-18,21-24,26,33-34H,2-13,19-20H2,1H3. The maximum absolute atomic E-state index is 15.2. The molecule has 2 aliphatic carbocycles. The molecule has 2 aromatic rings. The molecule has 2 aromatic carbocycles. The SMILES string of the molecule is CCCCCC1COC(C2CCC(C3CCC(C(F)(F)Oc4ccc(-c5cc(F)c(OC(F)F)c(F)c5)c(F)c4)CC3)CC2)OC1. The van der Waals surface area contributed by atoms with E-state index in [0.29, 0.717) is 48.6 Å². The first-order valence-electron chi connectivity index (χ1n) is 16.6. The van der Waals surface area contributed by atoms with Crippen molar-refractivity contribution < 1.29 is 49.7 Å². The van der Waals surface area contributed by atoms with Gasteiger partial charge in [-0.3, -0.25) is 0 Å². The fraction of sp³-hybridized carbons (Fsp3) is 0.657. The van der Waals surface area contributed by atoms with Gasteiger partial charge in [-0.2, -0.15) is 17.6 Å². The van der Waals surface area contributed by atoms with Crippen molar-refractivity contribution in [3.8, 4) is 22.6 Å². The Hall–Kier alpha value is -2.53. The Kier molecular flexibility index (Phi) is 11.8. The molecule has 0 amide bonds. The topological polar surface area (TPSA) is 36.9 Å². The Morgan fingerprint density at radius 3 is 1.93 bits per heavy atom. The van der Waals surface area contributed by atoms with Gasteiger partial charge >= 0.3 is 12.7 Å². The molecule has 3 fully saturated rings. The molecule has 1 saturated heterocycles. The Morgan fingerprint density at radius 1 is 0.783 bits per heavy atom. The van der Waals surface area contributed by atoms with Gasteiger partial charge in [0.2, 0.25) is 0 Å². The van der Waals surface area contributed by atoms with Crippen molar-refractivity contribution in [2.24, 2.45) is 29.6 Å². The predicted molar refractivity (Wildman–Crippen MR) is 158 cm³/mol. The highest BCUT2D eigenvalue weighted by Gasteiger charge is 2.45. The molecular formula is C35H43F7O4. The van der Waals surface area contributed by atoms with Crippen molar-refractivity contribution in [3.05, 3.63) is 47.8 Å². The van der Waals surface area contributed by atoms with Crippen LogP contribution in [0.3, 0.4) is 0 Å². The van der Waals surface area contributed by atoms with Crippen LogP contribution in [0.1, 0.15) is 84.0 Å². The minimum atomic E-state index is -3.53. The van der Waals surface area contributed by atoms with Crippen LogP contribution in [0.4, 0.5) is 30.7 Å². The maximum atomic E-state index is 15.2. The molecular weight excluding hydrogens is 617 g/mol. The maximum Gasteiger partial charge on any atom is 0.400 e. The number of halogens is 7. The summed E-state index contributed by atoms with van der Waals surface area (Å²) in [6, 6.07) is 4.11. The van der Waals surface area contributed by atoms with E-state index >= 15 is 8.78 Å². The predicted octanol–water partition coefficient (Wildman–Crippen LogP) is 10.5. The van der Waals surface area contributed by atoms with Gasteiger partial charge < -0.3 is 18.9 Å². The van der Waals surface area contributed by atoms with E-state index in [0.717, 1.165) is 63.5 Å². The zero-order valence-electron chi connectivity index (χ0n) is 26.1. The molecule has 0 unspecified atom stereocenters. The first-order valence-corrected chi connectivity index (χ1v) is 16.6. The fourth-order valence-electron chi connectivity index (χ4n) is 7.45. The lowest BCUT2D eigenvalue weighted by atomic mass is 9.69. The minimum Gasteiger partial charge on any atom is -0.432 e. The van der Waals surface area contributed by atoms with Crippen molar-refractivity contribution in [1.29, 1.82) is 0 Å². The van der Waals surface area contributed by atoms with Gasteiger partial charge in [0.15, 0.2) is 23.7 Å². The van der Waals surface area contributed by atoms with E-state index in [9.17, 15) is 22.0 Å². The molecule has 0 N–H and O–H groups in total. The van der Waals surface area contributed by atoms with Crippen LogP contribution in [-0.4, -0.2) is 32.2 Å². The quantitative estimate of drug-likeness (QED) is 0.168. The van der Waals surface area contributed by atoms with Gasteiger partial charge in [0.05, 0.1) is 19.1 Å². The normalized spacial score (nSPS) is 27.5. The Morgan fingerprint density at radius 2 is 1.37 bits per heavy atom. The second-order valence-corrected chi connectivity index (χ2v) is 13.1. The van der Waals surface area contributed by atoms with Crippen LogP contribution in [0.2, 0.25) is 0 Å². The smallest absolute Gasteiger partial charge is 0.400 e. The van der Waals surface area contributed by atoms with Gasteiger partial charge in [-0.1, -0.05) is 26.2 Å². The van der Waals surface area contributed by atoms with Crippen LogP contribution in [-0.2, 0) is 9.47 Å². The molecule has 5 rings (SSSR count).